The summed E-state index contributed by atoms with van der Waals surface area (Å²) in [6.45, 7) is 0.808. The topological polar surface area (TPSA) is 46.1 Å². The second-order valence-corrected chi connectivity index (χ2v) is 8.48. The maximum absolute atomic E-state index is 14.0. The number of nitrogens with zero attached hydrogens (tertiary/aromatic N) is 3. The van der Waals surface area contributed by atoms with Crippen molar-refractivity contribution < 1.29 is 4.79 Å². The molecule has 0 bridgehead atoms. The Kier molecular flexibility index (Phi) is 5.07. The predicted octanol–water partition coefficient (Wildman–Crippen LogP) is 5.32. The van der Waals surface area contributed by atoms with Crippen molar-refractivity contribution in [2.45, 2.75) is 50.0 Å². The van der Waals surface area contributed by atoms with E-state index in [9.17, 15) is 4.79 Å². The Hall–Kier alpha value is -3.01. The van der Waals surface area contributed by atoms with Crippen molar-refractivity contribution in [3.05, 3.63) is 84.2 Å². The molecule has 1 saturated carbocycles. The molecule has 0 radical (unpaired) electrons. The predicted molar refractivity (Wildman–Crippen MR) is 118 cm³/mol. The zero-order valence-corrected chi connectivity index (χ0v) is 17.2. The lowest BCUT2D eigenvalue weighted by Gasteiger charge is -2.35. The third kappa shape index (κ3) is 3.30. The lowest BCUT2D eigenvalue weighted by Crippen LogP contribution is -2.45. The molecule has 2 fully saturated rings. The maximum Gasteiger partial charge on any atom is 0.233 e. The summed E-state index contributed by atoms with van der Waals surface area (Å²) in [5, 5.41) is 0. The second-order valence-electron chi connectivity index (χ2n) is 8.48. The van der Waals surface area contributed by atoms with Crippen LogP contribution in [-0.2, 0) is 10.2 Å². The summed E-state index contributed by atoms with van der Waals surface area (Å²) in [6, 6.07) is 22.5. The van der Waals surface area contributed by atoms with Gasteiger partial charge in [0.15, 0.2) is 5.82 Å². The van der Waals surface area contributed by atoms with Crippen LogP contribution in [0.2, 0.25) is 0 Å². The van der Waals surface area contributed by atoms with E-state index in [4.69, 9.17) is 4.98 Å². The molecule has 1 amide bonds. The minimum atomic E-state index is -0.376. The highest BCUT2D eigenvalue weighted by Gasteiger charge is 2.47. The lowest BCUT2D eigenvalue weighted by molar-refractivity contribution is -0.138. The van der Waals surface area contributed by atoms with Gasteiger partial charge in [0.2, 0.25) is 5.91 Å². The highest BCUT2D eigenvalue weighted by Crippen LogP contribution is 2.45. The van der Waals surface area contributed by atoms with Crippen molar-refractivity contribution in [3.8, 4) is 11.4 Å². The van der Waals surface area contributed by atoms with E-state index in [1.54, 1.807) is 0 Å². The molecule has 1 aromatic heterocycles. The van der Waals surface area contributed by atoms with Crippen molar-refractivity contribution in [2.75, 3.05) is 6.54 Å². The Morgan fingerprint density at radius 3 is 2.33 bits per heavy atom. The minimum Gasteiger partial charge on any atom is -0.333 e. The molecule has 1 aliphatic heterocycles. The summed E-state index contributed by atoms with van der Waals surface area (Å²) >= 11 is 0. The second kappa shape index (κ2) is 8.02. The summed E-state index contributed by atoms with van der Waals surface area (Å²) in [5.41, 5.74) is 2.76. The standard InChI is InChI=1S/C26H27N3O/c30-25(26(16-7-8-17-26)21-12-5-2-6-13-21)29-19-9-14-23(29)22-15-18-27-24(28-22)20-10-3-1-4-11-20/h1-6,10-13,15,18,23H,7-9,14,16-17,19H2. The first kappa shape index (κ1) is 19.0. The smallest absolute Gasteiger partial charge is 0.233 e. The first-order chi connectivity index (χ1) is 14.8. The fourth-order valence-corrected chi connectivity index (χ4v) is 5.24. The highest BCUT2D eigenvalue weighted by molar-refractivity contribution is 5.89. The van der Waals surface area contributed by atoms with Crippen molar-refractivity contribution in [2.24, 2.45) is 0 Å². The molecule has 0 N–H and O–H groups in total. The molecule has 2 aliphatic rings. The average Bonchev–Trinajstić information content (AvgIpc) is 3.51. The van der Waals surface area contributed by atoms with Gasteiger partial charge in [0, 0.05) is 18.3 Å². The highest BCUT2D eigenvalue weighted by atomic mass is 16.2. The third-order valence-electron chi connectivity index (χ3n) is 6.76. The molecule has 2 aromatic carbocycles. The summed E-state index contributed by atoms with van der Waals surface area (Å²) in [6.07, 6.45) is 7.92. The normalized spacial score (nSPS) is 20.4. The van der Waals surface area contributed by atoms with Crippen molar-refractivity contribution >= 4 is 5.91 Å². The number of carbonyl (C=O) groups excluding carboxylic acids is 1. The van der Waals surface area contributed by atoms with Gasteiger partial charge in [-0.25, -0.2) is 9.97 Å². The van der Waals surface area contributed by atoms with Crippen molar-refractivity contribution in [1.82, 2.24) is 14.9 Å². The van der Waals surface area contributed by atoms with Crippen LogP contribution in [0, 0.1) is 0 Å². The third-order valence-corrected chi connectivity index (χ3v) is 6.76. The van der Waals surface area contributed by atoms with Crippen LogP contribution in [0.25, 0.3) is 11.4 Å². The van der Waals surface area contributed by atoms with Gasteiger partial charge in [0.25, 0.3) is 0 Å². The molecule has 4 nitrogen and oxygen atoms in total. The summed E-state index contributed by atoms with van der Waals surface area (Å²) in [7, 11) is 0. The number of aromatic nitrogens is 2. The zero-order valence-electron chi connectivity index (χ0n) is 17.2. The van der Waals surface area contributed by atoms with Crippen LogP contribution in [0.5, 0.6) is 0 Å². The number of amides is 1. The molecular weight excluding hydrogens is 370 g/mol. The van der Waals surface area contributed by atoms with Gasteiger partial charge >= 0.3 is 0 Å². The van der Waals surface area contributed by atoms with E-state index in [0.29, 0.717) is 0 Å². The maximum atomic E-state index is 14.0. The fourth-order valence-electron chi connectivity index (χ4n) is 5.24. The van der Waals surface area contributed by atoms with E-state index in [1.807, 2.05) is 48.7 Å². The molecule has 4 heteroatoms. The van der Waals surface area contributed by atoms with Gasteiger partial charge in [0.1, 0.15) is 0 Å². The summed E-state index contributed by atoms with van der Waals surface area (Å²) in [4.78, 5) is 25.4. The Morgan fingerprint density at radius 2 is 1.60 bits per heavy atom. The summed E-state index contributed by atoms with van der Waals surface area (Å²) < 4.78 is 0. The van der Waals surface area contributed by atoms with Crippen LogP contribution in [0.15, 0.2) is 72.9 Å². The molecule has 152 valence electrons. The molecule has 1 atom stereocenters. The van der Waals surface area contributed by atoms with Gasteiger partial charge in [-0.05, 0) is 37.3 Å². The molecular formula is C26H27N3O. The summed E-state index contributed by atoms with van der Waals surface area (Å²) in [5.74, 6) is 1.01. The van der Waals surface area contributed by atoms with Crippen LogP contribution in [0.3, 0.4) is 0 Å². The number of hydrogen-bond donors (Lipinski definition) is 0. The largest absolute Gasteiger partial charge is 0.333 e. The quantitative estimate of drug-likeness (QED) is 0.599. The molecule has 1 saturated heterocycles. The molecule has 5 rings (SSSR count). The Morgan fingerprint density at radius 1 is 0.900 bits per heavy atom. The monoisotopic (exact) mass is 397 g/mol. The van der Waals surface area contributed by atoms with E-state index in [-0.39, 0.29) is 17.4 Å². The van der Waals surface area contributed by atoms with Gasteiger partial charge in [-0.2, -0.15) is 0 Å². The van der Waals surface area contributed by atoms with Crippen LogP contribution >= 0.6 is 0 Å². The first-order valence-corrected chi connectivity index (χ1v) is 11.0. The molecule has 1 aliphatic carbocycles. The number of carbonyl (C=O) groups is 1. The molecule has 2 heterocycles. The molecule has 0 spiro atoms. The van der Waals surface area contributed by atoms with Crippen molar-refractivity contribution in [1.29, 1.82) is 0 Å². The van der Waals surface area contributed by atoms with E-state index in [0.717, 1.165) is 62.2 Å². The van der Waals surface area contributed by atoms with Gasteiger partial charge in [-0.15, -0.1) is 0 Å². The van der Waals surface area contributed by atoms with E-state index in [2.05, 4.69) is 34.1 Å². The van der Waals surface area contributed by atoms with Gasteiger partial charge in [0.05, 0.1) is 17.2 Å². The van der Waals surface area contributed by atoms with Crippen LogP contribution in [0.1, 0.15) is 55.8 Å². The first-order valence-electron chi connectivity index (χ1n) is 11.0. The van der Waals surface area contributed by atoms with Gasteiger partial charge in [-0.1, -0.05) is 73.5 Å². The van der Waals surface area contributed by atoms with E-state index >= 15 is 0 Å². The molecule has 3 aromatic rings. The number of benzene rings is 2. The number of rotatable bonds is 4. The van der Waals surface area contributed by atoms with Crippen molar-refractivity contribution in [3.63, 3.8) is 0 Å². The SMILES string of the molecule is O=C(N1CCCC1c1ccnc(-c2ccccc2)n1)C1(c2ccccc2)CCCC1. The Labute approximate surface area is 178 Å². The van der Waals surface area contributed by atoms with E-state index in [1.165, 1.54) is 5.56 Å². The Balaban J connectivity index is 1.48. The molecule has 30 heavy (non-hydrogen) atoms. The number of hydrogen-bond acceptors (Lipinski definition) is 3. The van der Waals surface area contributed by atoms with Gasteiger partial charge in [-0.3, -0.25) is 4.79 Å². The van der Waals surface area contributed by atoms with Crippen LogP contribution in [-0.4, -0.2) is 27.3 Å². The average molecular weight is 398 g/mol. The molecule has 1 unspecified atom stereocenters. The van der Waals surface area contributed by atoms with Gasteiger partial charge < -0.3 is 4.90 Å². The minimum absolute atomic E-state index is 0.0316. The van der Waals surface area contributed by atoms with Crippen LogP contribution < -0.4 is 0 Å². The van der Waals surface area contributed by atoms with E-state index < -0.39 is 0 Å². The van der Waals surface area contributed by atoms with Crippen LogP contribution in [0.4, 0.5) is 0 Å². The fraction of sp³-hybridized carbons (Fsp3) is 0.346. The number of likely N-dealkylation sites (tertiary alicyclic amines) is 1. The Bertz CT molecular complexity index is 1010. The lowest BCUT2D eigenvalue weighted by atomic mass is 9.77. The zero-order chi connectivity index (χ0) is 20.4.